The van der Waals surface area contributed by atoms with E-state index in [1.54, 1.807) is 54.7 Å². The Balaban J connectivity index is 1.49. The number of carbonyl (C=O) groups excluding carboxylic acids is 3. The van der Waals surface area contributed by atoms with E-state index in [1.165, 1.54) is 31.6 Å². The van der Waals surface area contributed by atoms with Crippen LogP contribution >= 0.6 is 0 Å². The van der Waals surface area contributed by atoms with Crippen LogP contribution in [0, 0.1) is 23.7 Å². The number of ether oxygens (including phenoxy) is 1. The van der Waals surface area contributed by atoms with Gasteiger partial charge in [-0.05, 0) is 73.4 Å². The van der Waals surface area contributed by atoms with Crippen molar-refractivity contribution in [2.24, 2.45) is 0 Å². The lowest BCUT2D eigenvalue weighted by atomic mass is 10.1. The summed E-state index contributed by atoms with van der Waals surface area (Å²) in [5.74, 6) is 10.0. The van der Waals surface area contributed by atoms with Crippen molar-refractivity contribution in [2.75, 3.05) is 24.3 Å². The van der Waals surface area contributed by atoms with Crippen LogP contribution in [0.15, 0.2) is 66.9 Å². The molecule has 0 fully saturated rings. The second kappa shape index (κ2) is 14.5. The van der Waals surface area contributed by atoms with Crippen molar-refractivity contribution in [3.8, 4) is 29.6 Å². The van der Waals surface area contributed by atoms with Crippen LogP contribution in [0.3, 0.4) is 0 Å². The van der Waals surface area contributed by atoms with Crippen LogP contribution in [-0.4, -0.2) is 58.8 Å². The van der Waals surface area contributed by atoms with Crippen molar-refractivity contribution < 1.29 is 29.4 Å². The average molecular weight is 542 g/mol. The minimum absolute atomic E-state index is 0.0695. The van der Waals surface area contributed by atoms with E-state index in [2.05, 4.69) is 44.6 Å². The zero-order chi connectivity index (χ0) is 28.9. The number of nitrogens with one attached hydrogen (secondary N) is 4. The highest BCUT2D eigenvalue weighted by molar-refractivity contribution is 5.97. The predicted molar refractivity (Wildman–Crippen MR) is 147 cm³/mol. The molecule has 3 amide bonds. The first-order chi connectivity index (χ1) is 19.3. The number of rotatable bonds is 9. The molecule has 0 aliphatic carbocycles. The first-order valence-electron chi connectivity index (χ1n) is 12.0. The number of aromatic nitrogens is 1. The summed E-state index contributed by atoms with van der Waals surface area (Å²) in [4.78, 5) is 40.2. The number of amides is 3. The minimum atomic E-state index is -1.31. The SMILES string of the molecule is COc1ccc(NCC(=O)Nc2ccc(C#CC#Cc3ccc(C(=O)N[C@H](C(=O)NO)[C@@H](C)O)cc3)cc2)cn1. The van der Waals surface area contributed by atoms with Crippen LogP contribution in [0.5, 0.6) is 5.88 Å². The smallest absolute Gasteiger partial charge is 0.268 e. The average Bonchev–Trinajstić information content (AvgIpc) is 2.97. The Morgan fingerprint density at radius 1 is 0.925 bits per heavy atom. The van der Waals surface area contributed by atoms with E-state index in [0.717, 1.165) is 0 Å². The molecule has 11 heteroatoms. The third-order valence-electron chi connectivity index (χ3n) is 5.35. The van der Waals surface area contributed by atoms with Gasteiger partial charge in [-0.1, -0.05) is 11.8 Å². The fraction of sp³-hybridized carbons (Fsp3) is 0.172. The summed E-state index contributed by atoms with van der Waals surface area (Å²) in [6, 6.07) is 15.4. The number of pyridine rings is 1. The van der Waals surface area contributed by atoms with Crippen molar-refractivity contribution in [2.45, 2.75) is 19.1 Å². The lowest BCUT2D eigenvalue weighted by Gasteiger charge is -2.19. The van der Waals surface area contributed by atoms with E-state index in [0.29, 0.717) is 28.4 Å². The molecule has 0 radical (unpaired) electrons. The predicted octanol–water partition coefficient (Wildman–Crippen LogP) is 1.53. The Bertz CT molecular complexity index is 1450. The van der Waals surface area contributed by atoms with E-state index in [9.17, 15) is 19.5 Å². The molecule has 0 aliphatic rings. The van der Waals surface area contributed by atoms with Gasteiger partial charge in [0.25, 0.3) is 11.8 Å². The van der Waals surface area contributed by atoms with Crippen molar-refractivity contribution in [1.82, 2.24) is 15.8 Å². The number of benzene rings is 2. The third-order valence-corrected chi connectivity index (χ3v) is 5.35. The topological polar surface area (TPSA) is 162 Å². The highest BCUT2D eigenvalue weighted by Crippen LogP contribution is 2.12. The van der Waals surface area contributed by atoms with Gasteiger partial charge in [0.15, 0.2) is 0 Å². The molecule has 204 valence electrons. The molecule has 0 saturated carbocycles. The lowest BCUT2D eigenvalue weighted by molar-refractivity contribution is -0.133. The van der Waals surface area contributed by atoms with Gasteiger partial charge in [0.1, 0.15) is 6.04 Å². The molecule has 1 aromatic heterocycles. The van der Waals surface area contributed by atoms with Gasteiger partial charge in [0, 0.05) is 28.4 Å². The van der Waals surface area contributed by atoms with E-state index in [4.69, 9.17) is 9.94 Å². The molecular formula is C29H27N5O6. The molecule has 3 aromatic rings. The summed E-state index contributed by atoms with van der Waals surface area (Å²) in [7, 11) is 1.53. The van der Waals surface area contributed by atoms with Gasteiger partial charge in [-0.25, -0.2) is 10.5 Å². The summed E-state index contributed by atoms with van der Waals surface area (Å²) < 4.78 is 5.00. The molecule has 11 nitrogen and oxygen atoms in total. The highest BCUT2D eigenvalue weighted by atomic mass is 16.5. The molecular weight excluding hydrogens is 514 g/mol. The number of aliphatic hydroxyl groups excluding tert-OH is 1. The van der Waals surface area contributed by atoms with Crippen molar-refractivity contribution in [1.29, 1.82) is 0 Å². The number of aliphatic hydroxyl groups is 1. The fourth-order valence-corrected chi connectivity index (χ4v) is 3.24. The number of methoxy groups -OCH3 is 1. The lowest BCUT2D eigenvalue weighted by Crippen LogP contribution is -2.51. The molecule has 0 bridgehead atoms. The zero-order valence-corrected chi connectivity index (χ0v) is 21.7. The summed E-state index contributed by atoms with van der Waals surface area (Å²) >= 11 is 0. The number of hydrogen-bond acceptors (Lipinski definition) is 8. The maximum absolute atomic E-state index is 12.3. The number of anilines is 2. The van der Waals surface area contributed by atoms with E-state index < -0.39 is 24.0 Å². The summed E-state index contributed by atoms with van der Waals surface area (Å²) in [5, 5.41) is 26.5. The van der Waals surface area contributed by atoms with Gasteiger partial charge in [0.2, 0.25) is 11.8 Å². The monoisotopic (exact) mass is 541 g/mol. The van der Waals surface area contributed by atoms with E-state index >= 15 is 0 Å². The molecule has 40 heavy (non-hydrogen) atoms. The Morgan fingerprint density at radius 2 is 1.52 bits per heavy atom. The van der Waals surface area contributed by atoms with E-state index in [1.807, 2.05) is 0 Å². The molecule has 0 saturated heterocycles. The second-order valence-corrected chi connectivity index (χ2v) is 8.31. The van der Waals surface area contributed by atoms with Crippen LogP contribution in [0.2, 0.25) is 0 Å². The maximum atomic E-state index is 12.3. The third kappa shape index (κ3) is 8.89. The first kappa shape index (κ1) is 29.2. The van der Waals surface area contributed by atoms with Crippen molar-refractivity contribution in [3.63, 3.8) is 0 Å². The molecule has 0 spiro atoms. The van der Waals surface area contributed by atoms with Crippen LogP contribution in [-0.2, 0) is 9.59 Å². The maximum Gasteiger partial charge on any atom is 0.268 e. The molecule has 3 rings (SSSR count). The second-order valence-electron chi connectivity index (χ2n) is 8.31. The highest BCUT2D eigenvalue weighted by Gasteiger charge is 2.25. The molecule has 6 N–H and O–H groups in total. The van der Waals surface area contributed by atoms with Crippen molar-refractivity contribution >= 4 is 29.1 Å². The molecule has 0 aliphatic heterocycles. The number of carbonyl (C=O) groups is 3. The van der Waals surface area contributed by atoms with Gasteiger partial charge in [0.05, 0.1) is 31.6 Å². The molecule has 1 heterocycles. The summed E-state index contributed by atoms with van der Waals surface area (Å²) in [5.41, 5.74) is 4.29. The Labute approximate surface area is 230 Å². The van der Waals surface area contributed by atoms with Crippen LogP contribution < -0.4 is 26.2 Å². The molecule has 2 atom stereocenters. The molecule has 2 aromatic carbocycles. The Kier molecular flexibility index (Phi) is 10.6. The first-order valence-corrected chi connectivity index (χ1v) is 12.0. The fourth-order valence-electron chi connectivity index (χ4n) is 3.24. The number of hydroxylamine groups is 1. The van der Waals surface area contributed by atoms with Crippen molar-refractivity contribution in [3.05, 3.63) is 83.6 Å². The van der Waals surface area contributed by atoms with Crippen LogP contribution in [0.25, 0.3) is 0 Å². The quantitative estimate of drug-likeness (QED) is 0.135. The Morgan fingerprint density at radius 3 is 2.05 bits per heavy atom. The Hall–Kier alpha value is -5.36. The number of nitrogens with zero attached hydrogens (tertiary/aromatic N) is 1. The standard InChI is InChI=1S/C29H27N5O6/c1-19(35)27(29(38)34-39)33-28(37)22-11-7-20(8-12-22)5-3-4-6-21-9-13-23(14-10-21)32-25(36)18-30-24-15-16-26(40-2)31-17-24/h7-17,19,27,30,35,39H,18H2,1-2H3,(H,32,36)(H,33,37)(H,34,38)/t19-,27+/m1/s1. The number of hydrogen-bond donors (Lipinski definition) is 6. The zero-order valence-electron chi connectivity index (χ0n) is 21.7. The summed E-state index contributed by atoms with van der Waals surface area (Å²) in [6.45, 7) is 1.38. The van der Waals surface area contributed by atoms with Gasteiger partial charge in [-0.2, -0.15) is 0 Å². The van der Waals surface area contributed by atoms with Gasteiger partial charge < -0.3 is 25.8 Å². The molecule has 0 unspecified atom stereocenters. The normalized spacial score (nSPS) is 11.3. The minimum Gasteiger partial charge on any atom is -0.481 e. The summed E-state index contributed by atoms with van der Waals surface area (Å²) in [6.07, 6.45) is 0.371. The van der Waals surface area contributed by atoms with Gasteiger partial charge >= 0.3 is 0 Å². The van der Waals surface area contributed by atoms with E-state index in [-0.39, 0.29) is 18.0 Å². The van der Waals surface area contributed by atoms with Gasteiger partial charge in [-0.15, -0.1) is 0 Å². The largest absolute Gasteiger partial charge is 0.481 e. The van der Waals surface area contributed by atoms with Crippen LogP contribution in [0.1, 0.15) is 28.4 Å². The van der Waals surface area contributed by atoms with Crippen LogP contribution in [0.4, 0.5) is 11.4 Å². The van der Waals surface area contributed by atoms with Gasteiger partial charge in [-0.3, -0.25) is 19.6 Å².